The van der Waals surface area contributed by atoms with E-state index in [1.54, 1.807) is 0 Å². The predicted octanol–water partition coefficient (Wildman–Crippen LogP) is 2.25. The summed E-state index contributed by atoms with van der Waals surface area (Å²) in [7, 11) is 4.15. The molecule has 2 nitrogen and oxygen atoms in total. The molecule has 0 spiro atoms. The van der Waals surface area contributed by atoms with Gasteiger partial charge in [-0.2, -0.15) is 0 Å². The lowest BCUT2D eigenvalue weighted by atomic mass is 9.94. The Kier molecular flexibility index (Phi) is 3.89. The van der Waals surface area contributed by atoms with Gasteiger partial charge in [-0.3, -0.25) is 0 Å². The van der Waals surface area contributed by atoms with Crippen LogP contribution in [0.4, 0.5) is 0 Å². The van der Waals surface area contributed by atoms with Crippen molar-refractivity contribution in [1.82, 2.24) is 4.90 Å². The number of nitrogens with two attached hydrogens (primary N) is 1. The average molecular weight is 206 g/mol. The van der Waals surface area contributed by atoms with Crippen molar-refractivity contribution in [3.8, 4) is 0 Å². The van der Waals surface area contributed by atoms with E-state index in [9.17, 15) is 0 Å². The largest absolute Gasteiger partial charge is 0.326 e. The second-order valence-electron chi connectivity index (χ2n) is 4.63. The molecule has 1 rings (SSSR count). The molecule has 2 heteroatoms. The van der Waals surface area contributed by atoms with Crippen LogP contribution in [0.5, 0.6) is 0 Å². The first-order chi connectivity index (χ1) is 6.93. The minimum absolute atomic E-state index is 0.140. The predicted molar refractivity (Wildman–Crippen MR) is 66.0 cm³/mol. The topological polar surface area (TPSA) is 29.3 Å². The lowest BCUT2D eigenvalue weighted by Crippen LogP contribution is -2.35. The van der Waals surface area contributed by atoms with Crippen LogP contribution in [0.15, 0.2) is 18.2 Å². The van der Waals surface area contributed by atoms with Crippen molar-refractivity contribution in [2.24, 2.45) is 5.73 Å². The van der Waals surface area contributed by atoms with Gasteiger partial charge in [-0.05, 0) is 46.0 Å². The van der Waals surface area contributed by atoms with Crippen LogP contribution in [0.25, 0.3) is 0 Å². The molecule has 0 heterocycles. The Morgan fingerprint density at radius 2 is 1.80 bits per heavy atom. The molecule has 0 aliphatic carbocycles. The molecule has 0 saturated heterocycles. The van der Waals surface area contributed by atoms with Gasteiger partial charge in [-0.25, -0.2) is 0 Å². The van der Waals surface area contributed by atoms with Gasteiger partial charge in [0, 0.05) is 12.1 Å². The normalized spacial score (nSPS) is 15.4. The van der Waals surface area contributed by atoms with E-state index in [0.29, 0.717) is 6.04 Å². The second kappa shape index (κ2) is 4.77. The zero-order valence-electron chi connectivity index (χ0n) is 10.4. The van der Waals surface area contributed by atoms with E-state index in [1.165, 1.54) is 16.7 Å². The van der Waals surface area contributed by atoms with Gasteiger partial charge in [0.2, 0.25) is 0 Å². The van der Waals surface area contributed by atoms with E-state index in [0.717, 1.165) is 0 Å². The van der Waals surface area contributed by atoms with Crippen LogP contribution in [-0.4, -0.2) is 25.0 Å². The van der Waals surface area contributed by atoms with Crippen molar-refractivity contribution in [3.63, 3.8) is 0 Å². The SMILES string of the molecule is Cc1ccc(C(C(C)N)N(C)C)c(C)c1. The van der Waals surface area contributed by atoms with Crippen LogP contribution in [0.3, 0.4) is 0 Å². The third-order valence-corrected chi connectivity index (χ3v) is 2.80. The molecular weight excluding hydrogens is 184 g/mol. The Hall–Kier alpha value is -0.860. The van der Waals surface area contributed by atoms with Crippen LogP contribution in [0, 0.1) is 13.8 Å². The summed E-state index contributed by atoms with van der Waals surface area (Å²) in [6.07, 6.45) is 0. The fourth-order valence-electron chi connectivity index (χ4n) is 2.19. The number of nitrogens with zero attached hydrogens (tertiary/aromatic N) is 1. The highest BCUT2D eigenvalue weighted by atomic mass is 15.1. The average Bonchev–Trinajstić information content (AvgIpc) is 2.08. The molecule has 2 unspecified atom stereocenters. The van der Waals surface area contributed by atoms with Crippen LogP contribution in [0.2, 0.25) is 0 Å². The molecule has 2 atom stereocenters. The minimum Gasteiger partial charge on any atom is -0.326 e. The Balaban J connectivity index is 3.12. The first-order valence-electron chi connectivity index (χ1n) is 5.42. The van der Waals surface area contributed by atoms with Gasteiger partial charge >= 0.3 is 0 Å². The summed E-state index contributed by atoms with van der Waals surface area (Å²) in [6, 6.07) is 7.00. The fourth-order valence-corrected chi connectivity index (χ4v) is 2.19. The molecule has 2 N–H and O–H groups in total. The van der Waals surface area contributed by atoms with Crippen molar-refractivity contribution < 1.29 is 0 Å². The molecule has 84 valence electrons. The number of likely N-dealkylation sites (N-methyl/N-ethyl adjacent to an activating group) is 1. The summed E-state index contributed by atoms with van der Waals surface area (Å²) < 4.78 is 0. The maximum Gasteiger partial charge on any atom is 0.0493 e. The first-order valence-corrected chi connectivity index (χ1v) is 5.42. The Morgan fingerprint density at radius 3 is 2.20 bits per heavy atom. The molecule has 0 bridgehead atoms. The molecule has 0 aliphatic heterocycles. The van der Waals surface area contributed by atoms with Crippen LogP contribution < -0.4 is 5.73 Å². The highest BCUT2D eigenvalue weighted by molar-refractivity contribution is 5.33. The van der Waals surface area contributed by atoms with Crippen molar-refractivity contribution in [1.29, 1.82) is 0 Å². The molecule has 1 aromatic carbocycles. The van der Waals surface area contributed by atoms with E-state index in [-0.39, 0.29) is 6.04 Å². The molecule has 0 aliphatic rings. The highest BCUT2D eigenvalue weighted by Gasteiger charge is 2.19. The lowest BCUT2D eigenvalue weighted by molar-refractivity contribution is 0.265. The molecule has 0 radical (unpaired) electrons. The monoisotopic (exact) mass is 206 g/mol. The summed E-state index contributed by atoms with van der Waals surface area (Å²) in [5.74, 6) is 0. The Morgan fingerprint density at radius 1 is 1.20 bits per heavy atom. The van der Waals surface area contributed by atoms with Crippen LogP contribution in [-0.2, 0) is 0 Å². The van der Waals surface area contributed by atoms with Crippen LogP contribution in [0.1, 0.15) is 29.7 Å². The first kappa shape index (κ1) is 12.2. The molecule has 1 aromatic rings. The Bertz CT molecular complexity index is 321. The molecule has 0 fully saturated rings. The van der Waals surface area contributed by atoms with Gasteiger partial charge in [0.05, 0.1) is 0 Å². The Labute approximate surface area is 93.1 Å². The van der Waals surface area contributed by atoms with E-state index >= 15 is 0 Å². The molecule has 0 saturated carbocycles. The minimum atomic E-state index is 0.140. The van der Waals surface area contributed by atoms with Crippen LogP contribution >= 0.6 is 0 Å². The van der Waals surface area contributed by atoms with Crippen molar-refractivity contribution in [3.05, 3.63) is 34.9 Å². The van der Waals surface area contributed by atoms with E-state index < -0.39 is 0 Å². The van der Waals surface area contributed by atoms with Gasteiger partial charge in [-0.15, -0.1) is 0 Å². The third kappa shape index (κ3) is 2.80. The molecular formula is C13H22N2. The zero-order valence-corrected chi connectivity index (χ0v) is 10.4. The van der Waals surface area contributed by atoms with Crippen molar-refractivity contribution >= 4 is 0 Å². The van der Waals surface area contributed by atoms with Crippen molar-refractivity contribution in [2.75, 3.05) is 14.1 Å². The molecule has 0 amide bonds. The van der Waals surface area contributed by atoms with Gasteiger partial charge < -0.3 is 10.6 Å². The number of benzene rings is 1. The van der Waals surface area contributed by atoms with Gasteiger partial charge in [-0.1, -0.05) is 23.8 Å². The highest BCUT2D eigenvalue weighted by Crippen LogP contribution is 2.24. The zero-order chi connectivity index (χ0) is 11.6. The lowest BCUT2D eigenvalue weighted by Gasteiger charge is -2.29. The number of rotatable bonds is 3. The number of hydrogen-bond acceptors (Lipinski definition) is 2. The molecule has 15 heavy (non-hydrogen) atoms. The maximum atomic E-state index is 6.03. The second-order valence-corrected chi connectivity index (χ2v) is 4.63. The smallest absolute Gasteiger partial charge is 0.0493 e. The quantitative estimate of drug-likeness (QED) is 0.822. The van der Waals surface area contributed by atoms with Gasteiger partial charge in [0.1, 0.15) is 0 Å². The summed E-state index contributed by atoms with van der Waals surface area (Å²) in [4.78, 5) is 2.18. The van der Waals surface area contributed by atoms with E-state index in [2.05, 4.69) is 58.0 Å². The van der Waals surface area contributed by atoms with E-state index in [1.807, 2.05) is 0 Å². The third-order valence-electron chi connectivity index (χ3n) is 2.80. The standard InChI is InChI=1S/C13H22N2/c1-9-6-7-12(10(2)8-9)13(11(3)14)15(4)5/h6-8,11,13H,14H2,1-5H3. The van der Waals surface area contributed by atoms with Gasteiger partial charge in [0.15, 0.2) is 0 Å². The summed E-state index contributed by atoms with van der Waals surface area (Å²) >= 11 is 0. The van der Waals surface area contributed by atoms with E-state index in [4.69, 9.17) is 5.73 Å². The summed E-state index contributed by atoms with van der Waals surface area (Å²) in [5.41, 5.74) is 10.00. The van der Waals surface area contributed by atoms with Crippen molar-refractivity contribution in [2.45, 2.75) is 32.9 Å². The number of aryl methyl sites for hydroxylation is 2. The molecule has 0 aromatic heterocycles. The van der Waals surface area contributed by atoms with Gasteiger partial charge in [0.25, 0.3) is 0 Å². The summed E-state index contributed by atoms with van der Waals surface area (Å²) in [5, 5.41) is 0. The fraction of sp³-hybridized carbons (Fsp3) is 0.538. The maximum absolute atomic E-state index is 6.03. The number of hydrogen-bond donors (Lipinski definition) is 1. The summed E-state index contributed by atoms with van der Waals surface area (Å²) in [6.45, 7) is 6.33.